The van der Waals surface area contributed by atoms with Gasteiger partial charge in [-0.05, 0) is 49.2 Å². The molecule has 0 aliphatic heterocycles. The Kier molecular flexibility index (Phi) is 7.86. The van der Waals surface area contributed by atoms with E-state index >= 15 is 0 Å². The number of fused-ring (bicyclic) bond motifs is 1. The van der Waals surface area contributed by atoms with Crippen molar-refractivity contribution in [3.05, 3.63) is 59.7 Å². The van der Waals surface area contributed by atoms with Crippen LogP contribution in [0.2, 0.25) is 0 Å². The Hall–Kier alpha value is -2.78. The van der Waals surface area contributed by atoms with Gasteiger partial charge in [-0.1, -0.05) is 25.5 Å². The van der Waals surface area contributed by atoms with Gasteiger partial charge in [0.15, 0.2) is 0 Å². The zero-order chi connectivity index (χ0) is 24.2. The highest BCUT2D eigenvalue weighted by molar-refractivity contribution is 7.89. The smallest absolute Gasteiger partial charge is 0.242 e. The first-order chi connectivity index (χ1) is 15.6. The summed E-state index contributed by atoms with van der Waals surface area (Å²) in [6, 6.07) is 10.8. The van der Waals surface area contributed by atoms with Crippen LogP contribution in [0.15, 0.2) is 47.4 Å². The number of halogens is 1. The van der Waals surface area contributed by atoms with E-state index in [0.717, 1.165) is 36.3 Å². The molecule has 9 heteroatoms. The van der Waals surface area contributed by atoms with Gasteiger partial charge in [0, 0.05) is 33.5 Å². The summed E-state index contributed by atoms with van der Waals surface area (Å²) in [5.41, 5.74) is 2.29. The monoisotopic (exact) mass is 474 g/mol. The lowest BCUT2D eigenvalue weighted by atomic mass is 10.1. The molecule has 1 N–H and O–H groups in total. The highest BCUT2D eigenvalue weighted by atomic mass is 32.2. The summed E-state index contributed by atoms with van der Waals surface area (Å²) in [5.74, 6) is 0.309. The van der Waals surface area contributed by atoms with Crippen LogP contribution in [-0.4, -0.2) is 42.3 Å². The Morgan fingerprint density at radius 3 is 2.52 bits per heavy atom. The number of sulfonamides is 1. The van der Waals surface area contributed by atoms with E-state index in [0.29, 0.717) is 11.9 Å². The Bertz CT molecular complexity index is 1220. The number of rotatable bonds is 10. The second-order valence-corrected chi connectivity index (χ2v) is 10.5. The summed E-state index contributed by atoms with van der Waals surface area (Å²) in [7, 11) is -0.568. The van der Waals surface area contributed by atoms with E-state index in [9.17, 15) is 17.6 Å². The average molecular weight is 475 g/mol. The minimum atomic E-state index is -3.56. The van der Waals surface area contributed by atoms with Crippen LogP contribution in [0, 0.1) is 5.82 Å². The SMILES string of the molecule is CCCCn1c(CCC(=O)NC(C)c2ccc(F)cc2)nc2cc(S(=O)(=O)N(C)C)ccc21. The van der Waals surface area contributed by atoms with Gasteiger partial charge in [-0.15, -0.1) is 0 Å². The Morgan fingerprint density at radius 2 is 1.88 bits per heavy atom. The standard InChI is InChI=1S/C24H31FN4O3S/c1-5-6-15-29-22-12-11-20(33(31,32)28(3)4)16-21(22)27-23(29)13-14-24(30)26-17(2)18-7-9-19(25)10-8-18/h7-12,16-17H,5-6,13-15H2,1-4H3,(H,26,30). The second kappa shape index (κ2) is 10.4. The maximum absolute atomic E-state index is 13.1. The summed E-state index contributed by atoms with van der Waals surface area (Å²) in [5, 5.41) is 2.94. The molecule has 1 atom stereocenters. The van der Waals surface area contributed by atoms with Crippen molar-refractivity contribution in [1.29, 1.82) is 0 Å². The molecule has 178 valence electrons. The number of aryl methyl sites for hydroxylation is 2. The van der Waals surface area contributed by atoms with Gasteiger partial charge < -0.3 is 9.88 Å². The van der Waals surface area contributed by atoms with E-state index in [1.807, 2.05) is 6.92 Å². The van der Waals surface area contributed by atoms with E-state index in [-0.39, 0.29) is 29.1 Å². The molecule has 0 aliphatic carbocycles. The molecular weight excluding hydrogens is 443 g/mol. The van der Waals surface area contributed by atoms with Crippen LogP contribution in [0.25, 0.3) is 11.0 Å². The van der Waals surface area contributed by atoms with E-state index in [1.165, 1.54) is 30.5 Å². The first-order valence-corrected chi connectivity index (χ1v) is 12.5. The lowest BCUT2D eigenvalue weighted by molar-refractivity contribution is -0.121. The topological polar surface area (TPSA) is 84.3 Å². The van der Waals surface area contributed by atoms with Crippen LogP contribution >= 0.6 is 0 Å². The molecule has 33 heavy (non-hydrogen) atoms. The van der Waals surface area contributed by atoms with Gasteiger partial charge in [0.05, 0.1) is 22.0 Å². The van der Waals surface area contributed by atoms with Crippen molar-refractivity contribution < 1.29 is 17.6 Å². The molecule has 2 aromatic carbocycles. The van der Waals surface area contributed by atoms with Crippen molar-refractivity contribution in [3.63, 3.8) is 0 Å². The van der Waals surface area contributed by atoms with E-state index < -0.39 is 10.0 Å². The fourth-order valence-corrected chi connectivity index (χ4v) is 4.58. The Balaban J connectivity index is 1.79. The third kappa shape index (κ3) is 5.78. The van der Waals surface area contributed by atoms with Crippen LogP contribution in [0.3, 0.4) is 0 Å². The predicted molar refractivity (Wildman–Crippen MR) is 127 cm³/mol. The summed E-state index contributed by atoms with van der Waals surface area (Å²) in [6.07, 6.45) is 2.62. The first-order valence-electron chi connectivity index (χ1n) is 11.1. The molecule has 7 nitrogen and oxygen atoms in total. The molecule has 0 aliphatic rings. The highest BCUT2D eigenvalue weighted by Gasteiger charge is 2.20. The third-order valence-corrected chi connectivity index (χ3v) is 7.45. The summed E-state index contributed by atoms with van der Waals surface area (Å²) < 4.78 is 41.4. The van der Waals surface area contributed by atoms with Gasteiger partial charge in [-0.2, -0.15) is 0 Å². The number of benzene rings is 2. The number of aromatic nitrogens is 2. The largest absolute Gasteiger partial charge is 0.350 e. The molecular formula is C24H31FN4O3S. The maximum atomic E-state index is 13.1. The zero-order valence-corrected chi connectivity index (χ0v) is 20.3. The zero-order valence-electron chi connectivity index (χ0n) is 19.5. The molecule has 3 aromatic rings. The molecule has 0 fully saturated rings. The van der Waals surface area contributed by atoms with E-state index in [1.54, 1.807) is 30.3 Å². The van der Waals surface area contributed by atoms with Crippen LogP contribution in [0.1, 0.15) is 50.5 Å². The van der Waals surface area contributed by atoms with Crippen molar-refractivity contribution in [2.24, 2.45) is 0 Å². The number of hydrogen-bond donors (Lipinski definition) is 1. The molecule has 3 rings (SSSR count). The number of nitrogens with one attached hydrogen (secondary N) is 1. The molecule has 1 amide bonds. The molecule has 1 unspecified atom stereocenters. The molecule has 1 aromatic heterocycles. The van der Waals surface area contributed by atoms with Gasteiger partial charge in [0.25, 0.3) is 0 Å². The highest BCUT2D eigenvalue weighted by Crippen LogP contribution is 2.23. The molecule has 0 spiro atoms. The predicted octanol–water partition coefficient (Wildman–Crippen LogP) is 4.04. The van der Waals surface area contributed by atoms with Crippen LogP contribution in [0.4, 0.5) is 4.39 Å². The Morgan fingerprint density at radius 1 is 1.18 bits per heavy atom. The van der Waals surface area contributed by atoms with Gasteiger partial charge in [-0.3, -0.25) is 4.79 Å². The Labute approximate surface area is 194 Å². The van der Waals surface area contributed by atoms with Crippen molar-refractivity contribution in [2.45, 2.75) is 57.0 Å². The van der Waals surface area contributed by atoms with Gasteiger partial charge in [-0.25, -0.2) is 22.1 Å². The van der Waals surface area contributed by atoms with E-state index in [2.05, 4.69) is 21.8 Å². The number of carbonyl (C=O) groups excluding carboxylic acids is 1. The molecule has 0 radical (unpaired) electrons. The lowest BCUT2D eigenvalue weighted by Gasteiger charge is -2.14. The fourth-order valence-electron chi connectivity index (χ4n) is 3.66. The molecule has 1 heterocycles. The minimum Gasteiger partial charge on any atom is -0.350 e. The molecule has 0 saturated heterocycles. The molecule has 0 saturated carbocycles. The van der Waals surface area contributed by atoms with Gasteiger partial charge >= 0.3 is 0 Å². The van der Waals surface area contributed by atoms with Gasteiger partial charge in [0.2, 0.25) is 15.9 Å². The number of nitrogens with zero attached hydrogens (tertiary/aromatic N) is 3. The van der Waals surface area contributed by atoms with Crippen LogP contribution in [0.5, 0.6) is 0 Å². The number of carbonyl (C=O) groups is 1. The van der Waals surface area contributed by atoms with E-state index in [4.69, 9.17) is 0 Å². The summed E-state index contributed by atoms with van der Waals surface area (Å²) >= 11 is 0. The maximum Gasteiger partial charge on any atom is 0.242 e. The fraction of sp³-hybridized carbons (Fsp3) is 0.417. The second-order valence-electron chi connectivity index (χ2n) is 8.31. The lowest BCUT2D eigenvalue weighted by Crippen LogP contribution is -2.27. The summed E-state index contributed by atoms with van der Waals surface area (Å²) in [4.78, 5) is 17.4. The number of imidazole rings is 1. The quantitative estimate of drug-likeness (QED) is 0.481. The minimum absolute atomic E-state index is 0.128. The molecule has 0 bridgehead atoms. The van der Waals surface area contributed by atoms with Crippen LogP contribution < -0.4 is 5.32 Å². The number of unbranched alkanes of at least 4 members (excludes halogenated alkanes) is 1. The summed E-state index contributed by atoms with van der Waals surface area (Å²) in [6.45, 7) is 4.70. The average Bonchev–Trinajstić information content (AvgIpc) is 3.13. The van der Waals surface area contributed by atoms with Crippen molar-refractivity contribution >= 4 is 27.0 Å². The van der Waals surface area contributed by atoms with Crippen molar-refractivity contribution in [2.75, 3.05) is 14.1 Å². The number of amides is 1. The van der Waals surface area contributed by atoms with Crippen LogP contribution in [-0.2, 0) is 27.8 Å². The first kappa shape index (κ1) is 24.9. The normalized spacial score (nSPS) is 12.9. The number of hydrogen-bond acceptors (Lipinski definition) is 4. The third-order valence-electron chi connectivity index (χ3n) is 5.64. The van der Waals surface area contributed by atoms with Gasteiger partial charge in [0.1, 0.15) is 11.6 Å². The van der Waals surface area contributed by atoms with Crippen molar-refractivity contribution in [3.8, 4) is 0 Å². The van der Waals surface area contributed by atoms with Crippen molar-refractivity contribution in [1.82, 2.24) is 19.2 Å².